The molecule has 0 aromatic heterocycles. The zero-order chi connectivity index (χ0) is 22.2. The standard InChI is InChI=1S/C13H19N3.C8H19NO.C2H5N/c1-3-7-12-10(2)13(14)16(15-12)11-8-5-4-6-9-11;1-5-8(10-4)7-9(3)6-2;1-2-3/h4-6,8-9,12,15H,3,7,14H2,1-2H3;8H,5-7H2,1-4H3;2H,1,3H2. The van der Waals surface area contributed by atoms with Gasteiger partial charge >= 0.3 is 0 Å². The molecule has 2 atom stereocenters. The summed E-state index contributed by atoms with van der Waals surface area (Å²) in [5, 5.41) is 1.98. The van der Waals surface area contributed by atoms with Crippen molar-refractivity contribution in [1.82, 2.24) is 10.3 Å². The Labute approximate surface area is 178 Å². The molecular weight excluding hydrogens is 362 g/mol. The first-order valence-corrected chi connectivity index (χ1v) is 10.5. The van der Waals surface area contributed by atoms with Gasteiger partial charge in [0.2, 0.25) is 0 Å². The Kier molecular flexibility index (Phi) is 14.7. The molecule has 1 heterocycles. The van der Waals surface area contributed by atoms with Gasteiger partial charge in [0.05, 0.1) is 17.8 Å². The van der Waals surface area contributed by atoms with E-state index in [2.05, 4.69) is 69.5 Å². The lowest BCUT2D eigenvalue weighted by Crippen LogP contribution is -2.39. The molecule has 0 fully saturated rings. The zero-order valence-electron chi connectivity index (χ0n) is 19.3. The number of nitrogens with two attached hydrogens (primary N) is 2. The molecule has 0 radical (unpaired) electrons. The van der Waals surface area contributed by atoms with E-state index in [1.54, 1.807) is 7.11 Å². The van der Waals surface area contributed by atoms with Gasteiger partial charge in [0.25, 0.3) is 0 Å². The van der Waals surface area contributed by atoms with Crippen LogP contribution in [0.2, 0.25) is 0 Å². The van der Waals surface area contributed by atoms with Gasteiger partial charge in [-0.25, -0.2) is 5.43 Å². The molecule has 6 nitrogen and oxygen atoms in total. The predicted octanol–water partition coefficient (Wildman–Crippen LogP) is 3.82. The fraction of sp³-hybridized carbons (Fsp3) is 0.565. The molecule has 0 bridgehead atoms. The second-order valence-electron chi connectivity index (χ2n) is 7.07. The number of nitrogens with one attached hydrogen (secondary N) is 1. The highest BCUT2D eigenvalue weighted by Gasteiger charge is 2.26. The Hall–Kier alpha value is -2.02. The van der Waals surface area contributed by atoms with Crippen LogP contribution in [0.25, 0.3) is 0 Å². The molecule has 5 N–H and O–H groups in total. The lowest BCUT2D eigenvalue weighted by molar-refractivity contribution is 0.0706. The smallest absolute Gasteiger partial charge is 0.119 e. The number of hydrogen-bond acceptors (Lipinski definition) is 6. The summed E-state index contributed by atoms with van der Waals surface area (Å²) in [5.74, 6) is 0.838. The van der Waals surface area contributed by atoms with E-state index >= 15 is 0 Å². The Morgan fingerprint density at radius 2 is 1.86 bits per heavy atom. The third kappa shape index (κ3) is 9.83. The minimum absolute atomic E-state index is 0.380. The number of hydrazine groups is 1. The van der Waals surface area contributed by atoms with Crippen molar-refractivity contribution in [3.05, 3.63) is 54.5 Å². The van der Waals surface area contributed by atoms with Gasteiger partial charge in [0.1, 0.15) is 5.82 Å². The molecule has 0 aliphatic carbocycles. The molecule has 0 spiro atoms. The largest absolute Gasteiger partial charge is 0.405 e. The van der Waals surface area contributed by atoms with E-state index in [0.717, 1.165) is 43.9 Å². The van der Waals surface area contributed by atoms with Crippen molar-refractivity contribution in [2.45, 2.75) is 59.1 Å². The van der Waals surface area contributed by atoms with E-state index in [1.165, 1.54) is 11.8 Å². The van der Waals surface area contributed by atoms with Crippen molar-refractivity contribution in [1.29, 1.82) is 0 Å². The number of rotatable bonds is 8. The van der Waals surface area contributed by atoms with Gasteiger partial charge in [0.15, 0.2) is 0 Å². The van der Waals surface area contributed by atoms with Crippen molar-refractivity contribution in [2.75, 3.05) is 32.3 Å². The molecule has 2 rings (SSSR count). The number of nitrogens with zero attached hydrogens (tertiary/aromatic N) is 2. The average Bonchev–Trinajstić information content (AvgIpc) is 3.02. The van der Waals surface area contributed by atoms with Crippen molar-refractivity contribution < 1.29 is 4.74 Å². The molecule has 6 heteroatoms. The first kappa shape index (κ1) is 27.0. The predicted molar refractivity (Wildman–Crippen MR) is 126 cm³/mol. The van der Waals surface area contributed by atoms with Crippen LogP contribution in [0, 0.1) is 0 Å². The van der Waals surface area contributed by atoms with E-state index in [-0.39, 0.29) is 0 Å². The number of anilines is 1. The maximum Gasteiger partial charge on any atom is 0.119 e. The van der Waals surface area contributed by atoms with Crippen LogP contribution >= 0.6 is 0 Å². The number of benzene rings is 1. The molecular formula is C23H43N5O. The summed E-state index contributed by atoms with van der Waals surface area (Å²) in [6, 6.07) is 10.5. The van der Waals surface area contributed by atoms with Crippen LogP contribution in [0.5, 0.6) is 0 Å². The average molecular weight is 406 g/mol. The minimum Gasteiger partial charge on any atom is -0.405 e. The molecule has 1 aliphatic rings. The van der Waals surface area contributed by atoms with Crippen LogP contribution < -0.4 is 21.9 Å². The maximum absolute atomic E-state index is 6.12. The Morgan fingerprint density at radius 3 is 2.31 bits per heavy atom. The van der Waals surface area contributed by atoms with Crippen molar-refractivity contribution in [2.24, 2.45) is 11.5 Å². The molecule has 1 aromatic rings. The molecule has 0 saturated heterocycles. The van der Waals surface area contributed by atoms with Gasteiger partial charge in [-0.05, 0) is 57.3 Å². The summed E-state index contributed by atoms with van der Waals surface area (Å²) >= 11 is 0. The third-order valence-electron chi connectivity index (χ3n) is 4.89. The zero-order valence-corrected chi connectivity index (χ0v) is 19.3. The minimum atomic E-state index is 0.380. The van der Waals surface area contributed by atoms with Gasteiger partial charge < -0.3 is 21.1 Å². The van der Waals surface area contributed by atoms with Crippen LogP contribution in [-0.2, 0) is 4.74 Å². The fourth-order valence-electron chi connectivity index (χ4n) is 2.88. The molecule has 29 heavy (non-hydrogen) atoms. The van der Waals surface area contributed by atoms with Gasteiger partial charge in [-0.3, -0.25) is 5.01 Å². The van der Waals surface area contributed by atoms with Gasteiger partial charge in [0, 0.05) is 13.7 Å². The van der Waals surface area contributed by atoms with Crippen molar-refractivity contribution in [3.63, 3.8) is 0 Å². The van der Waals surface area contributed by atoms with Crippen LogP contribution in [0.15, 0.2) is 54.5 Å². The molecule has 0 saturated carbocycles. The van der Waals surface area contributed by atoms with Gasteiger partial charge in [-0.2, -0.15) is 0 Å². The quantitative estimate of drug-likeness (QED) is 0.610. The van der Waals surface area contributed by atoms with Crippen LogP contribution in [0.1, 0.15) is 47.0 Å². The number of methoxy groups -OCH3 is 1. The van der Waals surface area contributed by atoms with Gasteiger partial charge in [-0.1, -0.05) is 52.0 Å². The second-order valence-corrected chi connectivity index (χ2v) is 7.07. The Bertz CT molecular complexity index is 572. The number of likely N-dealkylation sites (N-methyl/N-ethyl adjacent to an activating group) is 1. The summed E-state index contributed by atoms with van der Waals surface area (Å²) in [5.41, 5.74) is 16.5. The van der Waals surface area contributed by atoms with E-state index in [4.69, 9.17) is 10.5 Å². The van der Waals surface area contributed by atoms with Crippen molar-refractivity contribution in [3.8, 4) is 0 Å². The highest BCUT2D eigenvalue weighted by Crippen LogP contribution is 2.25. The SMILES string of the molecule is C=CN.CCC(CN(C)CC)OC.CCCC1NN(c2ccccc2)C(N)=C1C. The van der Waals surface area contributed by atoms with Crippen LogP contribution in [0.4, 0.5) is 5.69 Å². The van der Waals surface area contributed by atoms with E-state index in [1.807, 2.05) is 23.2 Å². The van der Waals surface area contributed by atoms with E-state index in [0.29, 0.717) is 12.1 Å². The number of ether oxygens (including phenoxy) is 1. The Morgan fingerprint density at radius 1 is 1.28 bits per heavy atom. The molecule has 1 aliphatic heterocycles. The first-order valence-electron chi connectivity index (χ1n) is 10.5. The van der Waals surface area contributed by atoms with Crippen molar-refractivity contribution >= 4 is 5.69 Å². The fourth-order valence-corrected chi connectivity index (χ4v) is 2.88. The maximum atomic E-state index is 6.12. The summed E-state index contributed by atoms with van der Waals surface area (Å²) in [6.45, 7) is 13.9. The normalized spacial score (nSPS) is 16.7. The lowest BCUT2D eigenvalue weighted by atomic mass is 10.1. The third-order valence-corrected chi connectivity index (χ3v) is 4.89. The number of hydrogen-bond donors (Lipinski definition) is 3. The first-order chi connectivity index (χ1) is 13.9. The highest BCUT2D eigenvalue weighted by molar-refractivity contribution is 5.53. The van der Waals surface area contributed by atoms with Crippen LogP contribution in [0.3, 0.4) is 0 Å². The summed E-state index contributed by atoms with van der Waals surface area (Å²) in [6.07, 6.45) is 5.03. The van der Waals surface area contributed by atoms with E-state index in [9.17, 15) is 0 Å². The summed E-state index contributed by atoms with van der Waals surface area (Å²) < 4.78 is 5.23. The van der Waals surface area contributed by atoms with Crippen LogP contribution in [-0.4, -0.2) is 44.3 Å². The highest BCUT2D eigenvalue weighted by atomic mass is 16.5. The topological polar surface area (TPSA) is 79.8 Å². The monoisotopic (exact) mass is 405 g/mol. The lowest BCUT2D eigenvalue weighted by Gasteiger charge is -2.21. The second kappa shape index (κ2) is 15.9. The Balaban J connectivity index is 0.000000520. The molecule has 2 unspecified atom stereocenters. The van der Waals surface area contributed by atoms with Gasteiger partial charge in [-0.15, -0.1) is 0 Å². The summed E-state index contributed by atoms with van der Waals surface area (Å²) in [4.78, 5) is 2.26. The molecule has 0 amide bonds. The summed E-state index contributed by atoms with van der Waals surface area (Å²) in [7, 11) is 3.89. The van der Waals surface area contributed by atoms with E-state index < -0.39 is 0 Å². The molecule has 166 valence electrons. The number of para-hydroxylation sites is 1. The molecule has 1 aromatic carbocycles.